The highest BCUT2D eigenvalue weighted by Gasteiger charge is 2.13. The van der Waals surface area contributed by atoms with E-state index in [9.17, 15) is 14.4 Å². The van der Waals surface area contributed by atoms with Crippen molar-refractivity contribution >= 4 is 5.97 Å². The van der Waals surface area contributed by atoms with Gasteiger partial charge in [0.05, 0.1) is 0 Å². The number of aromatic nitrogens is 3. The van der Waals surface area contributed by atoms with Crippen molar-refractivity contribution in [3.63, 3.8) is 0 Å². The summed E-state index contributed by atoms with van der Waals surface area (Å²) in [6.07, 6.45) is 0. The number of carboxylic acid groups (broad SMARTS) is 1. The topological polar surface area (TPSA) is 97.5 Å². The van der Waals surface area contributed by atoms with Gasteiger partial charge in [0.2, 0.25) is 5.82 Å². The zero-order chi connectivity index (χ0) is 13.1. The van der Waals surface area contributed by atoms with Crippen LogP contribution in [0, 0.1) is 5.82 Å². The zero-order valence-corrected chi connectivity index (χ0v) is 8.95. The summed E-state index contributed by atoms with van der Waals surface area (Å²) in [5.74, 6) is -1.74. The third-order valence-electron chi connectivity index (χ3n) is 1.98. The van der Waals surface area contributed by atoms with Crippen LogP contribution in [0.4, 0.5) is 4.39 Å². The fourth-order valence-corrected chi connectivity index (χ4v) is 1.28. The first-order valence-corrected chi connectivity index (χ1v) is 4.83. The molecule has 1 aromatic carbocycles. The highest BCUT2D eigenvalue weighted by Crippen LogP contribution is 2.19. The Morgan fingerprint density at radius 2 is 2.28 bits per heavy atom. The smallest absolute Gasteiger partial charge is 0.341 e. The minimum Gasteiger partial charge on any atom is -0.479 e. The lowest BCUT2D eigenvalue weighted by atomic mass is 10.2. The largest absolute Gasteiger partial charge is 0.479 e. The molecule has 8 heteroatoms. The molecule has 2 N–H and O–H groups in total. The molecule has 1 aromatic heterocycles. The molecule has 1 heterocycles. The number of benzene rings is 1. The SMILES string of the molecule is O=C(O)COc1nc(-c2cccc(F)c2)n(O)n1. The second-order valence-corrected chi connectivity index (χ2v) is 3.30. The van der Waals surface area contributed by atoms with Crippen LogP contribution in [0.3, 0.4) is 0 Å². The molecular weight excluding hydrogens is 245 g/mol. The molecule has 0 amide bonds. The van der Waals surface area contributed by atoms with Crippen LogP contribution in [0.2, 0.25) is 0 Å². The number of hydrogen-bond acceptors (Lipinski definition) is 5. The van der Waals surface area contributed by atoms with E-state index in [1.807, 2.05) is 0 Å². The lowest BCUT2D eigenvalue weighted by Crippen LogP contribution is -2.10. The first kappa shape index (κ1) is 11.8. The van der Waals surface area contributed by atoms with Gasteiger partial charge < -0.3 is 15.1 Å². The number of halogens is 1. The zero-order valence-electron chi connectivity index (χ0n) is 8.95. The fraction of sp³-hybridized carbons (Fsp3) is 0.100. The molecule has 0 aliphatic rings. The Labute approximate surface area is 100 Å². The van der Waals surface area contributed by atoms with Gasteiger partial charge >= 0.3 is 12.0 Å². The number of rotatable bonds is 4. The number of nitrogens with zero attached hydrogens (tertiary/aromatic N) is 3. The van der Waals surface area contributed by atoms with E-state index in [-0.39, 0.29) is 17.4 Å². The van der Waals surface area contributed by atoms with E-state index in [0.29, 0.717) is 4.85 Å². The van der Waals surface area contributed by atoms with Crippen LogP contribution in [0.5, 0.6) is 6.01 Å². The lowest BCUT2D eigenvalue weighted by Gasteiger charge is -1.97. The van der Waals surface area contributed by atoms with Crippen LogP contribution in [0.25, 0.3) is 11.4 Å². The Kier molecular flexibility index (Phi) is 3.09. The molecule has 94 valence electrons. The summed E-state index contributed by atoms with van der Waals surface area (Å²) in [6.45, 7) is -0.632. The van der Waals surface area contributed by atoms with E-state index in [2.05, 4.69) is 14.8 Å². The molecule has 0 bridgehead atoms. The summed E-state index contributed by atoms with van der Waals surface area (Å²) < 4.78 is 17.7. The van der Waals surface area contributed by atoms with Crippen molar-refractivity contribution in [2.75, 3.05) is 6.61 Å². The van der Waals surface area contributed by atoms with E-state index in [1.165, 1.54) is 18.2 Å². The summed E-state index contributed by atoms with van der Waals surface area (Å²) in [5, 5.41) is 21.3. The van der Waals surface area contributed by atoms with Crippen molar-refractivity contribution in [1.29, 1.82) is 0 Å². The van der Waals surface area contributed by atoms with Gasteiger partial charge in [-0.05, 0) is 12.1 Å². The van der Waals surface area contributed by atoms with E-state index in [0.717, 1.165) is 6.07 Å². The lowest BCUT2D eigenvalue weighted by molar-refractivity contribution is -0.139. The van der Waals surface area contributed by atoms with E-state index < -0.39 is 18.4 Å². The van der Waals surface area contributed by atoms with Crippen LogP contribution in [0.1, 0.15) is 0 Å². The maximum Gasteiger partial charge on any atom is 0.341 e. The van der Waals surface area contributed by atoms with Crippen LogP contribution in [-0.2, 0) is 4.79 Å². The maximum atomic E-state index is 13.0. The first-order valence-electron chi connectivity index (χ1n) is 4.83. The second-order valence-electron chi connectivity index (χ2n) is 3.30. The summed E-state index contributed by atoms with van der Waals surface area (Å²) in [7, 11) is 0. The molecule has 0 aliphatic heterocycles. The first-order chi connectivity index (χ1) is 8.56. The van der Waals surface area contributed by atoms with Crippen LogP contribution in [-0.4, -0.2) is 37.8 Å². The molecule has 2 aromatic rings. The highest BCUT2D eigenvalue weighted by atomic mass is 19.1. The van der Waals surface area contributed by atoms with E-state index in [4.69, 9.17) is 5.11 Å². The van der Waals surface area contributed by atoms with Crippen LogP contribution >= 0.6 is 0 Å². The monoisotopic (exact) mass is 253 g/mol. The summed E-state index contributed by atoms with van der Waals surface area (Å²) >= 11 is 0. The van der Waals surface area contributed by atoms with Crippen LogP contribution in [0.15, 0.2) is 24.3 Å². The highest BCUT2D eigenvalue weighted by molar-refractivity contribution is 5.68. The van der Waals surface area contributed by atoms with Crippen molar-refractivity contribution in [3.8, 4) is 17.4 Å². The predicted octanol–water partition coefficient (Wildman–Crippen LogP) is 0.785. The van der Waals surface area contributed by atoms with Gasteiger partial charge in [0.1, 0.15) is 5.82 Å². The average Bonchev–Trinajstić information content (AvgIpc) is 2.68. The standard InChI is InChI=1S/C10H8FN3O4/c11-7-3-1-2-6(4-7)9-12-10(13-14(9)17)18-5-8(15)16/h1-4,17H,5H2,(H,15,16). The predicted molar refractivity (Wildman–Crippen MR) is 55.7 cm³/mol. The minimum atomic E-state index is -1.20. The third kappa shape index (κ3) is 2.54. The van der Waals surface area contributed by atoms with E-state index in [1.54, 1.807) is 0 Å². The molecule has 0 fully saturated rings. The Bertz CT molecular complexity index is 584. The quantitative estimate of drug-likeness (QED) is 0.781. The summed E-state index contributed by atoms with van der Waals surface area (Å²) in [5.41, 5.74) is 0.287. The number of aliphatic carboxylic acids is 1. The molecule has 0 aliphatic carbocycles. The molecule has 0 saturated heterocycles. The van der Waals surface area contributed by atoms with Gasteiger partial charge in [0, 0.05) is 5.56 Å². The van der Waals surface area contributed by atoms with Gasteiger partial charge in [0.25, 0.3) is 0 Å². The van der Waals surface area contributed by atoms with Gasteiger partial charge in [-0.15, -0.1) is 0 Å². The van der Waals surface area contributed by atoms with Gasteiger partial charge in [0.15, 0.2) is 6.61 Å². The second kappa shape index (κ2) is 4.70. The molecule has 2 rings (SSSR count). The van der Waals surface area contributed by atoms with Crippen molar-refractivity contribution < 1.29 is 24.2 Å². The number of carbonyl (C=O) groups is 1. The maximum absolute atomic E-state index is 13.0. The molecule has 0 unspecified atom stereocenters. The molecule has 0 radical (unpaired) electrons. The normalized spacial score (nSPS) is 10.3. The number of ether oxygens (including phenoxy) is 1. The number of carboxylic acids is 1. The molecule has 0 saturated carbocycles. The van der Waals surface area contributed by atoms with Crippen molar-refractivity contribution in [2.45, 2.75) is 0 Å². The average molecular weight is 253 g/mol. The Hall–Kier alpha value is -2.64. The van der Waals surface area contributed by atoms with Gasteiger partial charge in [-0.2, -0.15) is 4.98 Å². The molecule has 7 nitrogen and oxygen atoms in total. The minimum absolute atomic E-state index is 0.0464. The van der Waals surface area contributed by atoms with E-state index >= 15 is 0 Å². The fourth-order valence-electron chi connectivity index (χ4n) is 1.28. The summed E-state index contributed by atoms with van der Waals surface area (Å²) in [4.78, 5) is 14.4. The van der Waals surface area contributed by atoms with Gasteiger partial charge in [-0.25, -0.2) is 9.18 Å². The molecule has 0 spiro atoms. The van der Waals surface area contributed by atoms with Crippen molar-refractivity contribution in [3.05, 3.63) is 30.1 Å². The van der Waals surface area contributed by atoms with Crippen molar-refractivity contribution in [1.82, 2.24) is 14.9 Å². The molecule has 18 heavy (non-hydrogen) atoms. The Morgan fingerprint density at radius 1 is 1.50 bits per heavy atom. The number of hydrogen-bond donors (Lipinski definition) is 2. The third-order valence-corrected chi connectivity index (χ3v) is 1.98. The molecular formula is C10H8FN3O4. The van der Waals surface area contributed by atoms with Gasteiger partial charge in [-0.1, -0.05) is 22.1 Å². The molecule has 0 atom stereocenters. The van der Waals surface area contributed by atoms with Crippen LogP contribution < -0.4 is 4.74 Å². The van der Waals surface area contributed by atoms with Crippen molar-refractivity contribution in [2.24, 2.45) is 0 Å². The Balaban J connectivity index is 2.26. The summed E-state index contributed by atoms with van der Waals surface area (Å²) in [6, 6.07) is 5.04. The Morgan fingerprint density at radius 3 is 2.94 bits per heavy atom. The van der Waals surface area contributed by atoms with Gasteiger partial charge in [-0.3, -0.25) is 0 Å².